The van der Waals surface area contributed by atoms with Gasteiger partial charge in [-0.15, -0.1) is 0 Å². The Labute approximate surface area is 103 Å². The molecule has 0 aromatic heterocycles. The largest absolute Gasteiger partial charge is 0.338 e. The van der Waals surface area contributed by atoms with Gasteiger partial charge < -0.3 is 4.90 Å². The molecular formula is C12H13BrFNO. The van der Waals surface area contributed by atoms with Gasteiger partial charge in [0.1, 0.15) is 5.82 Å². The van der Waals surface area contributed by atoms with Gasteiger partial charge in [0.05, 0.1) is 5.56 Å². The first-order chi connectivity index (χ1) is 7.58. The van der Waals surface area contributed by atoms with Crippen molar-refractivity contribution in [1.82, 2.24) is 4.90 Å². The summed E-state index contributed by atoms with van der Waals surface area (Å²) in [6.07, 6.45) is 1.05. The standard InChI is InChI=1S/C12H13BrFNO/c1-8-4-5-15(7-8)12(16)10-3-2-9(14)6-11(10)13/h2-3,6,8H,4-5,7H2,1H3. The van der Waals surface area contributed by atoms with Crippen molar-refractivity contribution in [2.75, 3.05) is 13.1 Å². The molecule has 1 heterocycles. The second kappa shape index (κ2) is 4.53. The Morgan fingerprint density at radius 2 is 2.31 bits per heavy atom. The number of amides is 1. The average molecular weight is 286 g/mol. The second-order valence-electron chi connectivity index (χ2n) is 4.27. The number of carbonyl (C=O) groups is 1. The van der Waals surface area contributed by atoms with E-state index in [1.807, 2.05) is 4.90 Å². The van der Waals surface area contributed by atoms with Gasteiger partial charge in [0, 0.05) is 17.6 Å². The molecule has 0 spiro atoms. The molecule has 1 unspecified atom stereocenters. The maximum Gasteiger partial charge on any atom is 0.255 e. The molecule has 2 rings (SSSR count). The zero-order valence-electron chi connectivity index (χ0n) is 9.04. The highest BCUT2D eigenvalue weighted by atomic mass is 79.9. The molecule has 2 nitrogen and oxygen atoms in total. The Hall–Kier alpha value is -0.900. The summed E-state index contributed by atoms with van der Waals surface area (Å²) >= 11 is 3.22. The molecule has 1 aromatic carbocycles. The molecule has 1 amide bonds. The molecule has 0 bridgehead atoms. The Morgan fingerprint density at radius 1 is 1.56 bits per heavy atom. The van der Waals surface area contributed by atoms with Gasteiger partial charge in [0.25, 0.3) is 5.91 Å². The average Bonchev–Trinajstić information content (AvgIpc) is 2.64. The zero-order valence-corrected chi connectivity index (χ0v) is 10.6. The summed E-state index contributed by atoms with van der Waals surface area (Å²) in [5.74, 6) is 0.206. The Balaban J connectivity index is 2.21. The van der Waals surface area contributed by atoms with Crippen LogP contribution < -0.4 is 0 Å². The van der Waals surface area contributed by atoms with Gasteiger partial charge in [-0.05, 0) is 46.5 Å². The van der Waals surface area contributed by atoms with E-state index >= 15 is 0 Å². The minimum atomic E-state index is -0.335. The highest BCUT2D eigenvalue weighted by Gasteiger charge is 2.25. The minimum absolute atomic E-state index is 0.0174. The highest BCUT2D eigenvalue weighted by Crippen LogP contribution is 2.23. The highest BCUT2D eigenvalue weighted by molar-refractivity contribution is 9.10. The van der Waals surface area contributed by atoms with Gasteiger partial charge in [-0.2, -0.15) is 0 Å². The van der Waals surface area contributed by atoms with E-state index in [-0.39, 0.29) is 11.7 Å². The van der Waals surface area contributed by atoms with Crippen LogP contribution in [0.15, 0.2) is 22.7 Å². The van der Waals surface area contributed by atoms with Gasteiger partial charge in [0.15, 0.2) is 0 Å². The van der Waals surface area contributed by atoms with Crippen molar-refractivity contribution in [2.45, 2.75) is 13.3 Å². The SMILES string of the molecule is CC1CCN(C(=O)c2ccc(F)cc2Br)C1. The van der Waals surface area contributed by atoms with E-state index in [0.717, 1.165) is 19.5 Å². The third-order valence-electron chi connectivity index (χ3n) is 2.87. The fraction of sp³-hybridized carbons (Fsp3) is 0.417. The van der Waals surface area contributed by atoms with Crippen LogP contribution in [0.2, 0.25) is 0 Å². The third-order valence-corrected chi connectivity index (χ3v) is 3.53. The molecule has 86 valence electrons. The van der Waals surface area contributed by atoms with Crippen LogP contribution in [-0.2, 0) is 0 Å². The van der Waals surface area contributed by atoms with Crippen molar-refractivity contribution in [1.29, 1.82) is 0 Å². The van der Waals surface area contributed by atoms with Gasteiger partial charge >= 0.3 is 0 Å². The Kier molecular flexibility index (Phi) is 3.28. The molecule has 1 aliphatic heterocycles. The third kappa shape index (κ3) is 2.26. The van der Waals surface area contributed by atoms with Crippen molar-refractivity contribution in [3.63, 3.8) is 0 Å². The first-order valence-corrected chi connectivity index (χ1v) is 6.11. The van der Waals surface area contributed by atoms with Crippen molar-refractivity contribution in [3.05, 3.63) is 34.1 Å². The van der Waals surface area contributed by atoms with Crippen LogP contribution in [0.3, 0.4) is 0 Å². The first-order valence-electron chi connectivity index (χ1n) is 5.32. The van der Waals surface area contributed by atoms with E-state index in [1.54, 1.807) is 0 Å². The van der Waals surface area contributed by atoms with Gasteiger partial charge in [-0.1, -0.05) is 6.92 Å². The second-order valence-corrected chi connectivity index (χ2v) is 5.12. The smallest absolute Gasteiger partial charge is 0.255 e. The number of likely N-dealkylation sites (tertiary alicyclic amines) is 1. The molecule has 0 N–H and O–H groups in total. The molecule has 1 aliphatic rings. The summed E-state index contributed by atoms with van der Waals surface area (Å²) in [4.78, 5) is 13.9. The quantitative estimate of drug-likeness (QED) is 0.777. The van der Waals surface area contributed by atoms with Gasteiger partial charge in [-0.25, -0.2) is 4.39 Å². The molecule has 0 radical (unpaired) electrons. The van der Waals surface area contributed by atoms with Crippen LogP contribution in [-0.4, -0.2) is 23.9 Å². The van der Waals surface area contributed by atoms with E-state index in [0.29, 0.717) is 16.0 Å². The van der Waals surface area contributed by atoms with E-state index < -0.39 is 0 Å². The first kappa shape index (κ1) is 11.6. The molecule has 0 saturated carbocycles. The summed E-state index contributed by atoms with van der Waals surface area (Å²) < 4.78 is 13.4. The molecule has 1 fully saturated rings. The molecule has 0 aliphatic carbocycles. The number of nitrogens with zero attached hydrogens (tertiary/aromatic N) is 1. The number of hydrogen-bond acceptors (Lipinski definition) is 1. The van der Waals surface area contributed by atoms with Crippen LogP contribution in [0.25, 0.3) is 0 Å². The molecular weight excluding hydrogens is 273 g/mol. The lowest BCUT2D eigenvalue weighted by molar-refractivity contribution is 0.0787. The Bertz CT molecular complexity index is 421. The minimum Gasteiger partial charge on any atom is -0.338 e. The van der Waals surface area contributed by atoms with Crippen LogP contribution in [0.5, 0.6) is 0 Å². The van der Waals surface area contributed by atoms with Crippen LogP contribution in [0.4, 0.5) is 4.39 Å². The lowest BCUT2D eigenvalue weighted by atomic mass is 10.2. The summed E-state index contributed by atoms with van der Waals surface area (Å²) in [5.41, 5.74) is 0.538. The molecule has 1 saturated heterocycles. The zero-order chi connectivity index (χ0) is 11.7. The summed E-state index contributed by atoms with van der Waals surface area (Å²) in [5, 5.41) is 0. The Morgan fingerprint density at radius 3 is 2.88 bits per heavy atom. The summed E-state index contributed by atoms with van der Waals surface area (Å²) in [6.45, 7) is 3.72. The predicted octanol–water partition coefficient (Wildman–Crippen LogP) is 3.07. The van der Waals surface area contributed by atoms with Crippen molar-refractivity contribution >= 4 is 21.8 Å². The predicted molar refractivity (Wildman–Crippen MR) is 63.8 cm³/mol. The molecule has 16 heavy (non-hydrogen) atoms. The number of halogens is 2. The van der Waals surface area contributed by atoms with E-state index in [4.69, 9.17) is 0 Å². The van der Waals surface area contributed by atoms with Crippen LogP contribution in [0, 0.1) is 11.7 Å². The van der Waals surface area contributed by atoms with Gasteiger partial charge in [-0.3, -0.25) is 4.79 Å². The summed E-state index contributed by atoms with van der Waals surface area (Å²) in [6, 6.07) is 4.18. The maximum atomic E-state index is 12.9. The van der Waals surface area contributed by atoms with Crippen molar-refractivity contribution in [2.24, 2.45) is 5.92 Å². The number of hydrogen-bond donors (Lipinski definition) is 0. The number of benzene rings is 1. The van der Waals surface area contributed by atoms with E-state index in [2.05, 4.69) is 22.9 Å². The lowest BCUT2D eigenvalue weighted by Crippen LogP contribution is -2.28. The monoisotopic (exact) mass is 285 g/mol. The van der Waals surface area contributed by atoms with Crippen molar-refractivity contribution < 1.29 is 9.18 Å². The summed E-state index contributed by atoms with van der Waals surface area (Å²) in [7, 11) is 0. The number of rotatable bonds is 1. The molecule has 4 heteroatoms. The van der Waals surface area contributed by atoms with E-state index in [9.17, 15) is 9.18 Å². The number of carbonyl (C=O) groups excluding carboxylic acids is 1. The van der Waals surface area contributed by atoms with Crippen LogP contribution in [0.1, 0.15) is 23.7 Å². The normalized spacial score (nSPS) is 20.2. The van der Waals surface area contributed by atoms with E-state index in [1.165, 1.54) is 18.2 Å². The van der Waals surface area contributed by atoms with Gasteiger partial charge in [0.2, 0.25) is 0 Å². The lowest BCUT2D eigenvalue weighted by Gasteiger charge is -2.16. The fourth-order valence-corrected chi connectivity index (χ4v) is 2.47. The van der Waals surface area contributed by atoms with Crippen molar-refractivity contribution in [3.8, 4) is 0 Å². The molecule has 1 atom stereocenters. The van der Waals surface area contributed by atoms with Crippen LogP contribution >= 0.6 is 15.9 Å². The topological polar surface area (TPSA) is 20.3 Å². The molecule has 1 aromatic rings. The maximum absolute atomic E-state index is 12.9. The fourth-order valence-electron chi connectivity index (χ4n) is 1.95.